The van der Waals surface area contributed by atoms with Gasteiger partial charge in [-0.15, -0.1) is 0 Å². The molecule has 1 aromatic carbocycles. The predicted molar refractivity (Wildman–Crippen MR) is 111 cm³/mol. The zero-order valence-corrected chi connectivity index (χ0v) is 17.4. The van der Waals surface area contributed by atoms with E-state index in [1.807, 2.05) is 30.6 Å². The summed E-state index contributed by atoms with van der Waals surface area (Å²) in [6, 6.07) is 5.95. The molecule has 27 heavy (non-hydrogen) atoms. The lowest BCUT2D eigenvalue weighted by Crippen LogP contribution is -2.37. The topological polar surface area (TPSA) is 62.2 Å². The van der Waals surface area contributed by atoms with Crippen molar-refractivity contribution >= 4 is 27.4 Å². The number of sulfone groups is 1. The van der Waals surface area contributed by atoms with Gasteiger partial charge in [0.05, 0.1) is 23.8 Å². The van der Waals surface area contributed by atoms with E-state index in [2.05, 4.69) is 35.6 Å². The molecule has 3 rings (SSSR count). The third-order valence-electron chi connectivity index (χ3n) is 4.89. The third-order valence-corrected chi connectivity index (χ3v) is 6.02. The van der Waals surface area contributed by atoms with E-state index in [1.165, 1.54) is 6.26 Å². The smallest absolute Gasteiger partial charge is 0.177 e. The standard InChI is InChI=1S/C20H29N3O3S/c1-15(2)23(18-11-16(3)13-21-14-18)17-5-6-19(20(12-17)27(4,24)25)22-7-9-26-10-8-22/h5-6,12-16H,7-11H2,1-4H3. The van der Waals surface area contributed by atoms with Gasteiger partial charge in [-0.3, -0.25) is 4.99 Å². The van der Waals surface area contributed by atoms with Crippen molar-refractivity contribution in [2.75, 3.05) is 42.4 Å². The second kappa shape index (κ2) is 8.02. The quantitative estimate of drug-likeness (QED) is 0.772. The van der Waals surface area contributed by atoms with Crippen LogP contribution in [0.15, 0.2) is 40.0 Å². The van der Waals surface area contributed by atoms with E-state index < -0.39 is 9.84 Å². The SMILES string of the molecule is CC1C=NC=C(N(c2ccc(N3CCOCC3)c(S(C)(=O)=O)c2)C(C)C)C1. The summed E-state index contributed by atoms with van der Waals surface area (Å²) in [4.78, 5) is 9.02. The van der Waals surface area contributed by atoms with Crippen molar-refractivity contribution in [1.82, 2.24) is 0 Å². The Labute approximate surface area is 162 Å². The Bertz CT molecular complexity index is 840. The summed E-state index contributed by atoms with van der Waals surface area (Å²) in [5.41, 5.74) is 2.76. The lowest BCUT2D eigenvalue weighted by molar-refractivity contribution is 0.122. The van der Waals surface area contributed by atoms with Gasteiger partial charge in [-0.25, -0.2) is 8.42 Å². The number of aliphatic imine (C=N–C) groups is 1. The van der Waals surface area contributed by atoms with E-state index >= 15 is 0 Å². The summed E-state index contributed by atoms with van der Waals surface area (Å²) < 4.78 is 30.5. The molecule has 1 aromatic rings. The molecule has 1 unspecified atom stereocenters. The zero-order valence-electron chi connectivity index (χ0n) is 16.6. The number of anilines is 2. The zero-order chi connectivity index (χ0) is 19.6. The summed E-state index contributed by atoms with van der Waals surface area (Å²) in [6.45, 7) is 9.00. The highest BCUT2D eigenvalue weighted by Crippen LogP contribution is 2.34. The highest BCUT2D eigenvalue weighted by molar-refractivity contribution is 7.90. The molecule has 7 heteroatoms. The second-order valence-corrected chi connectivity index (χ2v) is 9.57. The molecule has 1 atom stereocenters. The molecule has 0 aliphatic carbocycles. The molecule has 6 nitrogen and oxygen atoms in total. The first-order chi connectivity index (χ1) is 12.8. The van der Waals surface area contributed by atoms with Crippen LogP contribution in [0.25, 0.3) is 0 Å². The molecule has 148 valence electrons. The third kappa shape index (κ3) is 4.52. The van der Waals surface area contributed by atoms with Gasteiger partial charge >= 0.3 is 0 Å². The summed E-state index contributed by atoms with van der Waals surface area (Å²) >= 11 is 0. The van der Waals surface area contributed by atoms with Gasteiger partial charge in [0.25, 0.3) is 0 Å². The van der Waals surface area contributed by atoms with Gasteiger partial charge in [0.1, 0.15) is 0 Å². The maximum absolute atomic E-state index is 12.6. The molecule has 0 amide bonds. The van der Waals surface area contributed by atoms with Crippen LogP contribution in [0.5, 0.6) is 0 Å². The molecule has 0 radical (unpaired) electrons. The molecular weight excluding hydrogens is 362 g/mol. The van der Waals surface area contributed by atoms with Crippen molar-refractivity contribution < 1.29 is 13.2 Å². The number of hydrogen-bond acceptors (Lipinski definition) is 6. The van der Waals surface area contributed by atoms with Gasteiger partial charge in [-0.05, 0) is 44.4 Å². The molecule has 0 aromatic heterocycles. The van der Waals surface area contributed by atoms with Crippen molar-refractivity contribution in [3.8, 4) is 0 Å². The van der Waals surface area contributed by atoms with Gasteiger partial charge in [0, 0.05) is 49.2 Å². The Kier molecular flexibility index (Phi) is 5.91. The molecule has 2 aliphatic heterocycles. The Morgan fingerprint density at radius 1 is 1.26 bits per heavy atom. The van der Waals surface area contributed by atoms with E-state index in [0.717, 1.165) is 23.5 Å². The number of hydrogen-bond donors (Lipinski definition) is 0. The first-order valence-electron chi connectivity index (χ1n) is 9.45. The number of ether oxygens (including phenoxy) is 1. The minimum atomic E-state index is -3.36. The summed E-state index contributed by atoms with van der Waals surface area (Å²) in [6.07, 6.45) is 6.00. The van der Waals surface area contributed by atoms with Crippen molar-refractivity contribution in [2.45, 2.75) is 38.1 Å². The lowest BCUT2D eigenvalue weighted by atomic mass is 10.0. The highest BCUT2D eigenvalue weighted by atomic mass is 32.2. The van der Waals surface area contributed by atoms with E-state index in [4.69, 9.17) is 4.74 Å². The fourth-order valence-corrected chi connectivity index (χ4v) is 4.59. The lowest BCUT2D eigenvalue weighted by Gasteiger charge is -2.35. The molecule has 0 spiro atoms. The van der Waals surface area contributed by atoms with E-state index in [-0.39, 0.29) is 6.04 Å². The van der Waals surface area contributed by atoms with Gasteiger partial charge in [-0.2, -0.15) is 0 Å². The van der Waals surface area contributed by atoms with Crippen molar-refractivity contribution in [3.63, 3.8) is 0 Å². The number of allylic oxidation sites excluding steroid dienone is 1. The number of morpholine rings is 1. The molecule has 1 saturated heterocycles. The summed E-state index contributed by atoms with van der Waals surface area (Å²) in [5, 5.41) is 0. The fraction of sp³-hybridized carbons (Fsp3) is 0.550. The van der Waals surface area contributed by atoms with Crippen LogP contribution < -0.4 is 9.80 Å². The fourth-order valence-electron chi connectivity index (χ4n) is 3.68. The molecule has 0 bridgehead atoms. The summed E-state index contributed by atoms with van der Waals surface area (Å²) in [7, 11) is -3.36. The monoisotopic (exact) mass is 391 g/mol. The number of nitrogens with zero attached hydrogens (tertiary/aromatic N) is 3. The Balaban J connectivity index is 2.04. The maximum Gasteiger partial charge on any atom is 0.177 e. The van der Waals surface area contributed by atoms with Crippen molar-refractivity contribution in [2.24, 2.45) is 10.9 Å². The maximum atomic E-state index is 12.6. The molecule has 1 fully saturated rings. The second-order valence-electron chi connectivity index (χ2n) is 7.59. The minimum Gasteiger partial charge on any atom is -0.378 e. The van der Waals surface area contributed by atoms with Crippen LogP contribution in [0.1, 0.15) is 27.2 Å². The molecular formula is C20H29N3O3S. The Morgan fingerprint density at radius 3 is 2.56 bits per heavy atom. The summed E-state index contributed by atoms with van der Waals surface area (Å²) in [5.74, 6) is 0.369. The molecule has 0 saturated carbocycles. The average Bonchev–Trinajstić information content (AvgIpc) is 2.61. The molecule has 2 heterocycles. The van der Waals surface area contributed by atoms with Crippen LogP contribution in [-0.4, -0.2) is 53.2 Å². The first kappa shape index (κ1) is 19.9. The molecule has 2 aliphatic rings. The van der Waals surface area contributed by atoms with Gasteiger partial charge in [0.15, 0.2) is 9.84 Å². The van der Waals surface area contributed by atoms with Gasteiger partial charge in [-0.1, -0.05) is 6.92 Å². The van der Waals surface area contributed by atoms with Crippen LogP contribution in [0.3, 0.4) is 0 Å². The largest absolute Gasteiger partial charge is 0.378 e. The van der Waals surface area contributed by atoms with E-state index in [0.29, 0.717) is 37.1 Å². The average molecular weight is 392 g/mol. The number of rotatable bonds is 5. The number of benzene rings is 1. The molecule has 0 N–H and O–H groups in total. The first-order valence-corrected chi connectivity index (χ1v) is 11.3. The van der Waals surface area contributed by atoms with Crippen LogP contribution in [-0.2, 0) is 14.6 Å². The van der Waals surface area contributed by atoms with Crippen molar-refractivity contribution in [3.05, 3.63) is 30.1 Å². The van der Waals surface area contributed by atoms with Crippen LogP contribution >= 0.6 is 0 Å². The van der Waals surface area contributed by atoms with Gasteiger partial charge < -0.3 is 14.5 Å². The van der Waals surface area contributed by atoms with Crippen LogP contribution in [0.2, 0.25) is 0 Å². The van der Waals surface area contributed by atoms with E-state index in [9.17, 15) is 8.42 Å². The Hall–Kier alpha value is -1.86. The predicted octanol–water partition coefficient (Wildman–Crippen LogP) is 3.09. The van der Waals surface area contributed by atoms with Crippen LogP contribution in [0.4, 0.5) is 11.4 Å². The normalized spacial score (nSPS) is 20.7. The van der Waals surface area contributed by atoms with E-state index in [1.54, 1.807) is 0 Å². The van der Waals surface area contributed by atoms with Crippen molar-refractivity contribution in [1.29, 1.82) is 0 Å². The Morgan fingerprint density at radius 2 is 1.96 bits per heavy atom. The minimum absolute atomic E-state index is 0.193. The van der Waals surface area contributed by atoms with Crippen LogP contribution in [0, 0.1) is 5.92 Å². The van der Waals surface area contributed by atoms with Gasteiger partial charge in [0.2, 0.25) is 0 Å². The highest BCUT2D eigenvalue weighted by Gasteiger charge is 2.25.